The Morgan fingerprint density at radius 2 is 1.95 bits per heavy atom. The molecule has 1 fully saturated rings. The van der Waals surface area contributed by atoms with Crippen LogP contribution in [0, 0.1) is 5.92 Å². The Morgan fingerprint density at radius 1 is 1.33 bits per heavy atom. The Labute approximate surface area is 125 Å². The number of likely N-dealkylation sites (N-methyl/N-ethyl adjacent to an activating group) is 1. The number of methoxy groups -OCH3 is 1. The molecule has 0 N–H and O–H groups in total. The third kappa shape index (κ3) is 5.21. The number of amides is 2. The summed E-state index contributed by atoms with van der Waals surface area (Å²) in [5, 5.41) is 0. The zero-order chi connectivity index (χ0) is 15.8. The summed E-state index contributed by atoms with van der Waals surface area (Å²) in [7, 11) is 1.39. The number of likely N-dealkylation sites (tertiary alicyclic amines) is 1. The van der Waals surface area contributed by atoms with Gasteiger partial charge in [0, 0.05) is 26.1 Å². The van der Waals surface area contributed by atoms with Crippen LogP contribution in [0.3, 0.4) is 0 Å². The average molecular weight is 296 g/mol. The molecule has 0 bridgehead atoms. The molecule has 0 aromatic carbocycles. The lowest BCUT2D eigenvalue weighted by Crippen LogP contribution is -2.45. The van der Waals surface area contributed by atoms with Gasteiger partial charge in [0.15, 0.2) is 0 Å². The number of ether oxygens (including phenoxy) is 1. The molecule has 2 amide bonds. The van der Waals surface area contributed by atoms with Gasteiger partial charge < -0.3 is 14.5 Å². The van der Waals surface area contributed by atoms with Crippen molar-refractivity contribution in [1.29, 1.82) is 0 Å². The molecule has 1 rings (SSSR count). The highest BCUT2D eigenvalue weighted by molar-refractivity contribution is 5.90. The molecular formula is C15H24N2O4. The van der Waals surface area contributed by atoms with Gasteiger partial charge in [0.2, 0.25) is 11.8 Å². The van der Waals surface area contributed by atoms with Crippen molar-refractivity contribution in [3.05, 3.63) is 12.7 Å². The molecule has 0 spiro atoms. The highest BCUT2D eigenvalue weighted by Crippen LogP contribution is 2.21. The summed E-state index contributed by atoms with van der Waals surface area (Å²) in [5.41, 5.74) is 0. The summed E-state index contributed by atoms with van der Waals surface area (Å²) in [5.74, 6) is -0.206. The van der Waals surface area contributed by atoms with Gasteiger partial charge in [0.1, 0.15) is 0 Å². The van der Waals surface area contributed by atoms with Crippen LogP contribution in [0.25, 0.3) is 0 Å². The first-order valence-corrected chi connectivity index (χ1v) is 7.27. The second-order valence-electron chi connectivity index (χ2n) is 5.16. The minimum Gasteiger partial charge on any atom is -0.469 e. The van der Waals surface area contributed by atoms with Crippen molar-refractivity contribution in [2.24, 2.45) is 5.92 Å². The minimum atomic E-state index is -0.230. The fraction of sp³-hybridized carbons (Fsp3) is 0.667. The van der Waals surface area contributed by atoms with Crippen molar-refractivity contribution in [1.82, 2.24) is 9.80 Å². The van der Waals surface area contributed by atoms with Crippen LogP contribution in [-0.2, 0) is 19.1 Å². The standard InChI is InChI=1S/C15H24N2O4/c1-4-13(18)16(5-2)11-14(19)17-8-6-12(7-9-17)10-15(20)21-3/h4,12H,1,5-11H2,2-3H3. The molecule has 0 atom stereocenters. The second kappa shape index (κ2) is 8.44. The Kier molecular flexibility index (Phi) is 6.91. The smallest absolute Gasteiger partial charge is 0.305 e. The zero-order valence-corrected chi connectivity index (χ0v) is 12.8. The highest BCUT2D eigenvalue weighted by Gasteiger charge is 2.25. The number of rotatable bonds is 6. The Balaban J connectivity index is 2.42. The SMILES string of the molecule is C=CC(=O)N(CC)CC(=O)N1CCC(CC(=O)OC)CC1. The summed E-state index contributed by atoms with van der Waals surface area (Å²) in [6.45, 7) is 7.08. The third-order valence-electron chi connectivity index (χ3n) is 3.84. The molecule has 6 nitrogen and oxygen atoms in total. The van der Waals surface area contributed by atoms with E-state index in [1.807, 2.05) is 6.92 Å². The van der Waals surface area contributed by atoms with Gasteiger partial charge in [0.05, 0.1) is 13.7 Å². The first kappa shape index (κ1) is 17.2. The van der Waals surface area contributed by atoms with Crippen molar-refractivity contribution >= 4 is 17.8 Å². The van der Waals surface area contributed by atoms with E-state index in [0.29, 0.717) is 26.1 Å². The molecule has 21 heavy (non-hydrogen) atoms. The topological polar surface area (TPSA) is 66.9 Å². The maximum atomic E-state index is 12.2. The van der Waals surface area contributed by atoms with Crippen LogP contribution in [0.2, 0.25) is 0 Å². The van der Waals surface area contributed by atoms with E-state index >= 15 is 0 Å². The van der Waals surface area contributed by atoms with E-state index in [4.69, 9.17) is 0 Å². The van der Waals surface area contributed by atoms with Gasteiger partial charge >= 0.3 is 5.97 Å². The van der Waals surface area contributed by atoms with Crippen LogP contribution in [0.15, 0.2) is 12.7 Å². The maximum Gasteiger partial charge on any atom is 0.305 e. The van der Waals surface area contributed by atoms with Gasteiger partial charge in [-0.2, -0.15) is 0 Å². The fourth-order valence-corrected chi connectivity index (χ4v) is 2.44. The summed E-state index contributed by atoms with van der Waals surface area (Å²) < 4.78 is 4.66. The van der Waals surface area contributed by atoms with Gasteiger partial charge in [-0.05, 0) is 31.8 Å². The number of esters is 1. The van der Waals surface area contributed by atoms with E-state index in [9.17, 15) is 14.4 Å². The van der Waals surface area contributed by atoms with Crippen molar-refractivity contribution in [3.63, 3.8) is 0 Å². The lowest BCUT2D eigenvalue weighted by Gasteiger charge is -2.33. The number of piperidine rings is 1. The van der Waals surface area contributed by atoms with Gasteiger partial charge in [-0.3, -0.25) is 14.4 Å². The van der Waals surface area contributed by atoms with E-state index in [0.717, 1.165) is 12.8 Å². The molecule has 1 heterocycles. The average Bonchev–Trinajstić information content (AvgIpc) is 2.52. The summed E-state index contributed by atoms with van der Waals surface area (Å²) >= 11 is 0. The summed E-state index contributed by atoms with van der Waals surface area (Å²) in [6.07, 6.45) is 3.22. The largest absolute Gasteiger partial charge is 0.469 e. The lowest BCUT2D eigenvalue weighted by atomic mass is 9.93. The van der Waals surface area contributed by atoms with Gasteiger partial charge in [-0.15, -0.1) is 0 Å². The normalized spacial score (nSPS) is 15.4. The van der Waals surface area contributed by atoms with E-state index in [1.54, 1.807) is 4.90 Å². The minimum absolute atomic E-state index is 0.0523. The lowest BCUT2D eigenvalue weighted by molar-refractivity contribution is -0.143. The zero-order valence-electron chi connectivity index (χ0n) is 12.8. The van der Waals surface area contributed by atoms with Crippen LogP contribution in [0.4, 0.5) is 0 Å². The third-order valence-corrected chi connectivity index (χ3v) is 3.84. The molecule has 1 saturated heterocycles. The van der Waals surface area contributed by atoms with Crippen LogP contribution in [0.5, 0.6) is 0 Å². The molecule has 1 aliphatic heterocycles. The number of hydrogen-bond donors (Lipinski definition) is 0. The van der Waals surface area contributed by atoms with Crippen molar-refractivity contribution in [2.75, 3.05) is 33.3 Å². The number of hydrogen-bond acceptors (Lipinski definition) is 4. The highest BCUT2D eigenvalue weighted by atomic mass is 16.5. The molecule has 0 radical (unpaired) electrons. The molecule has 0 unspecified atom stereocenters. The molecule has 0 aliphatic carbocycles. The Bertz CT molecular complexity index is 400. The van der Waals surface area contributed by atoms with Crippen molar-refractivity contribution in [2.45, 2.75) is 26.2 Å². The summed E-state index contributed by atoms with van der Waals surface area (Å²) in [6, 6.07) is 0. The molecule has 0 aromatic heterocycles. The molecule has 118 valence electrons. The van der Waals surface area contributed by atoms with Crippen LogP contribution in [-0.4, -0.2) is 60.9 Å². The molecule has 0 aromatic rings. The molecule has 1 aliphatic rings. The first-order chi connectivity index (χ1) is 10.0. The summed E-state index contributed by atoms with van der Waals surface area (Å²) in [4.78, 5) is 38.2. The maximum absolute atomic E-state index is 12.2. The van der Waals surface area contributed by atoms with E-state index < -0.39 is 0 Å². The van der Waals surface area contributed by atoms with Crippen LogP contribution >= 0.6 is 0 Å². The van der Waals surface area contributed by atoms with Gasteiger partial charge in [-0.25, -0.2) is 0 Å². The molecule has 0 saturated carbocycles. The van der Waals surface area contributed by atoms with Crippen LogP contribution < -0.4 is 0 Å². The number of carbonyl (C=O) groups excluding carboxylic acids is 3. The van der Waals surface area contributed by atoms with Crippen LogP contribution in [0.1, 0.15) is 26.2 Å². The number of nitrogens with zero attached hydrogens (tertiary/aromatic N) is 2. The number of carbonyl (C=O) groups is 3. The predicted octanol–water partition coefficient (Wildman–Crippen LogP) is 0.823. The monoisotopic (exact) mass is 296 g/mol. The van der Waals surface area contributed by atoms with E-state index in [1.165, 1.54) is 18.1 Å². The first-order valence-electron chi connectivity index (χ1n) is 7.27. The van der Waals surface area contributed by atoms with Crippen molar-refractivity contribution in [3.8, 4) is 0 Å². The second-order valence-corrected chi connectivity index (χ2v) is 5.16. The van der Waals surface area contributed by atoms with E-state index in [-0.39, 0.29) is 30.2 Å². The molecule has 6 heteroatoms. The Hall–Kier alpha value is -1.85. The van der Waals surface area contributed by atoms with Gasteiger partial charge in [0.25, 0.3) is 0 Å². The van der Waals surface area contributed by atoms with Gasteiger partial charge in [-0.1, -0.05) is 6.58 Å². The van der Waals surface area contributed by atoms with E-state index in [2.05, 4.69) is 11.3 Å². The van der Waals surface area contributed by atoms with Crippen molar-refractivity contribution < 1.29 is 19.1 Å². The fourth-order valence-electron chi connectivity index (χ4n) is 2.44. The Morgan fingerprint density at radius 3 is 2.43 bits per heavy atom. The quantitative estimate of drug-likeness (QED) is 0.538. The molecular weight excluding hydrogens is 272 g/mol. The predicted molar refractivity (Wildman–Crippen MR) is 78.4 cm³/mol.